The molecular weight excluding hydrogens is 523 g/mol. The summed E-state index contributed by atoms with van der Waals surface area (Å²) in [6.07, 6.45) is -1.98. The molecule has 1 aliphatic heterocycles. The second kappa shape index (κ2) is 8.68. The summed E-state index contributed by atoms with van der Waals surface area (Å²) in [6, 6.07) is 4.41. The van der Waals surface area contributed by atoms with Crippen molar-refractivity contribution in [3.8, 4) is 17.1 Å². The van der Waals surface area contributed by atoms with E-state index in [1.165, 1.54) is 42.6 Å². The molecule has 0 saturated heterocycles. The number of hydrogen-bond acceptors (Lipinski definition) is 9. The zero-order valence-corrected chi connectivity index (χ0v) is 21.1. The van der Waals surface area contributed by atoms with Gasteiger partial charge in [-0.05, 0) is 30.2 Å². The lowest BCUT2D eigenvalue weighted by molar-refractivity contribution is -0.173. The molecule has 4 aromatic heterocycles. The fourth-order valence-electron chi connectivity index (χ4n) is 4.72. The van der Waals surface area contributed by atoms with Gasteiger partial charge in [0, 0.05) is 6.42 Å². The van der Waals surface area contributed by atoms with Gasteiger partial charge < -0.3 is 14.8 Å². The highest BCUT2D eigenvalue weighted by atomic mass is 32.1. The Balaban J connectivity index is 1.47. The fraction of sp³-hybridized carbons (Fsp3) is 0.292. The van der Waals surface area contributed by atoms with E-state index in [-0.39, 0.29) is 18.1 Å². The molecule has 1 aromatic carbocycles. The molecule has 14 heteroatoms. The number of aromatic nitrogens is 6. The largest absolute Gasteiger partial charge is 0.497 e. The number of hydrogen-bond donors (Lipinski definition) is 1. The van der Waals surface area contributed by atoms with Crippen LogP contribution in [0.2, 0.25) is 0 Å². The van der Waals surface area contributed by atoms with Crippen LogP contribution in [0.15, 0.2) is 36.8 Å². The number of aryl methyl sites for hydroxylation is 1. The highest BCUT2D eigenvalue weighted by molar-refractivity contribution is 7.20. The summed E-state index contributed by atoms with van der Waals surface area (Å²) >= 11 is 1.18. The third kappa shape index (κ3) is 3.74. The summed E-state index contributed by atoms with van der Waals surface area (Å²) in [4.78, 5) is 22.2. The topological polar surface area (TPSA) is 108 Å². The molecule has 1 N–H and O–H groups in total. The number of carbonyl (C=O) groups excluding carboxylic acids is 1. The number of benzene rings is 1. The van der Waals surface area contributed by atoms with Crippen molar-refractivity contribution >= 4 is 39.0 Å². The first-order valence-electron chi connectivity index (χ1n) is 11.5. The van der Waals surface area contributed by atoms with E-state index in [9.17, 15) is 18.0 Å². The average molecular weight is 544 g/mol. The van der Waals surface area contributed by atoms with E-state index >= 15 is 0 Å². The van der Waals surface area contributed by atoms with Crippen LogP contribution in [0.4, 0.5) is 19.0 Å². The van der Waals surface area contributed by atoms with Crippen LogP contribution in [0, 0.1) is 6.92 Å². The number of halogens is 3. The minimum absolute atomic E-state index is 0.164. The third-order valence-corrected chi connectivity index (χ3v) is 7.82. The van der Waals surface area contributed by atoms with E-state index < -0.39 is 24.2 Å². The van der Waals surface area contributed by atoms with Crippen LogP contribution in [0.1, 0.15) is 39.3 Å². The molecule has 0 radical (unpaired) electrons. The van der Waals surface area contributed by atoms with E-state index in [0.29, 0.717) is 43.2 Å². The van der Waals surface area contributed by atoms with E-state index in [1.807, 2.05) is 0 Å². The predicted octanol–water partition coefficient (Wildman–Crippen LogP) is 4.97. The molecule has 6 rings (SSSR count). The Morgan fingerprint density at radius 2 is 1.97 bits per heavy atom. The predicted molar refractivity (Wildman–Crippen MR) is 133 cm³/mol. The van der Waals surface area contributed by atoms with Crippen LogP contribution >= 0.6 is 11.3 Å². The quantitative estimate of drug-likeness (QED) is 0.317. The van der Waals surface area contributed by atoms with Crippen LogP contribution in [-0.2, 0) is 4.74 Å². The molecule has 0 spiro atoms. The first-order valence-corrected chi connectivity index (χ1v) is 12.3. The van der Waals surface area contributed by atoms with Crippen LogP contribution in [0.3, 0.4) is 0 Å². The van der Waals surface area contributed by atoms with Gasteiger partial charge in [-0.1, -0.05) is 12.1 Å². The second-order valence-electron chi connectivity index (χ2n) is 8.79. The number of nitrogens with zero attached hydrogens (tertiary/aromatic N) is 6. The molecular formula is C24H20F3N7O3S. The van der Waals surface area contributed by atoms with Gasteiger partial charge in [0.2, 0.25) is 0 Å². The minimum atomic E-state index is -4.52. The second-order valence-corrected chi connectivity index (χ2v) is 9.79. The van der Waals surface area contributed by atoms with Crippen molar-refractivity contribution in [1.29, 1.82) is 0 Å². The normalized spacial score (nSPS) is 17.4. The SMILES string of the molecule is COC(=O)c1sc2ncn3nc(-c4cnn5c4N[C@@H](c4ccc(OC)cc4)C[C@H]5C(F)(F)F)nc3c2c1C. The fourth-order valence-corrected chi connectivity index (χ4v) is 5.78. The van der Waals surface area contributed by atoms with Crippen LogP contribution in [0.25, 0.3) is 27.3 Å². The summed E-state index contributed by atoms with van der Waals surface area (Å²) in [5.74, 6) is 0.461. The number of nitrogens with one attached hydrogen (secondary N) is 1. The lowest BCUT2D eigenvalue weighted by Crippen LogP contribution is -2.35. The third-order valence-electron chi connectivity index (χ3n) is 6.64. The Hall–Kier alpha value is -4.20. The monoisotopic (exact) mass is 543 g/mol. The highest BCUT2D eigenvalue weighted by Gasteiger charge is 2.47. The van der Waals surface area contributed by atoms with Crippen molar-refractivity contribution in [2.75, 3.05) is 19.5 Å². The van der Waals surface area contributed by atoms with E-state index in [2.05, 4.69) is 25.5 Å². The number of methoxy groups -OCH3 is 2. The van der Waals surface area contributed by atoms with Gasteiger partial charge in [0.1, 0.15) is 27.6 Å². The number of anilines is 1. The zero-order chi connectivity index (χ0) is 26.8. The number of carbonyl (C=O) groups is 1. The molecule has 0 unspecified atom stereocenters. The van der Waals surface area contributed by atoms with Crippen LogP contribution < -0.4 is 10.1 Å². The van der Waals surface area contributed by atoms with Crippen molar-refractivity contribution in [3.05, 3.63) is 52.8 Å². The van der Waals surface area contributed by atoms with Gasteiger partial charge in [0.15, 0.2) is 17.5 Å². The summed E-state index contributed by atoms with van der Waals surface area (Å²) in [6.45, 7) is 1.76. The van der Waals surface area contributed by atoms with Crippen molar-refractivity contribution in [2.24, 2.45) is 0 Å². The van der Waals surface area contributed by atoms with Crippen molar-refractivity contribution in [3.63, 3.8) is 0 Å². The van der Waals surface area contributed by atoms with Gasteiger partial charge in [0.05, 0.1) is 37.4 Å². The molecule has 0 bridgehead atoms. The average Bonchev–Trinajstić information content (AvgIpc) is 3.61. The summed E-state index contributed by atoms with van der Waals surface area (Å²) in [5.41, 5.74) is 2.05. The molecule has 5 aromatic rings. The summed E-state index contributed by atoms with van der Waals surface area (Å²) in [5, 5.41) is 12.4. The Bertz CT molecular complexity index is 1690. The Morgan fingerprint density at radius 3 is 2.66 bits per heavy atom. The summed E-state index contributed by atoms with van der Waals surface area (Å²) in [7, 11) is 2.82. The van der Waals surface area contributed by atoms with Gasteiger partial charge in [0.25, 0.3) is 0 Å². The van der Waals surface area contributed by atoms with Gasteiger partial charge >= 0.3 is 12.1 Å². The maximum Gasteiger partial charge on any atom is 0.410 e. The smallest absolute Gasteiger partial charge is 0.410 e. The lowest BCUT2D eigenvalue weighted by Gasteiger charge is -2.34. The van der Waals surface area contributed by atoms with Gasteiger partial charge in [-0.3, -0.25) is 0 Å². The molecule has 0 fully saturated rings. The molecule has 1 aliphatic rings. The van der Waals surface area contributed by atoms with Gasteiger partial charge in [-0.15, -0.1) is 16.4 Å². The molecule has 0 amide bonds. The Labute approximate surface area is 217 Å². The molecule has 10 nitrogen and oxygen atoms in total. The molecule has 5 heterocycles. The maximum atomic E-state index is 14.1. The highest BCUT2D eigenvalue weighted by Crippen LogP contribution is 2.46. The summed E-state index contributed by atoms with van der Waals surface area (Å²) < 4.78 is 54.8. The zero-order valence-electron chi connectivity index (χ0n) is 20.3. The van der Waals surface area contributed by atoms with Crippen molar-refractivity contribution in [1.82, 2.24) is 29.4 Å². The molecule has 2 atom stereocenters. The molecule has 196 valence electrons. The van der Waals surface area contributed by atoms with Crippen LogP contribution in [-0.4, -0.2) is 55.7 Å². The van der Waals surface area contributed by atoms with E-state index in [0.717, 1.165) is 4.68 Å². The van der Waals surface area contributed by atoms with E-state index in [1.54, 1.807) is 31.2 Å². The number of rotatable bonds is 4. The minimum Gasteiger partial charge on any atom is -0.497 e. The molecule has 0 saturated carbocycles. The molecule has 0 aliphatic carbocycles. The maximum absolute atomic E-state index is 14.1. The number of alkyl halides is 3. The van der Waals surface area contributed by atoms with Gasteiger partial charge in [-0.25, -0.2) is 24.0 Å². The number of ether oxygens (including phenoxy) is 2. The van der Waals surface area contributed by atoms with Gasteiger partial charge in [-0.2, -0.15) is 18.3 Å². The standard InChI is InChI=1S/C24H20F3N7O3S/c1-11-17-21-31-19(32-33(21)10-28-22(17)38-18(11)23(35)37-3)14-9-29-34-16(24(25,26)27)8-15(30-20(14)34)12-4-6-13(36-2)7-5-12/h4-7,9-10,15-16,30H,8H2,1-3H3/t15-,16+/m1/s1. The Kier molecular flexibility index (Phi) is 5.52. The van der Waals surface area contributed by atoms with E-state index in [4.69, 9.17) is 9.47 Å². The lowest BCUT2D eigenvalue weighted by atomic mass is 9.96. The molecule has 38 heavy (non-hydrogen) atoms. The number of esters is 1. The first-order chi connectivity index (χ1) is 18.2. The number of fused-ring (bicyclic) bond motifs is 4. The van der Waals surface area contributed by atoms with Crippen molar-refractivity contribution in [2.45, 2.75) is 31.6 Å². The van der Waals surface area contributed by atoms with Crippen LogP contribution in [0.5, 0.6) is 5.75 Å². The first kappa shape index (κ1) is 24.2. The Morgan fingerprint density at radius 1 is 1.21 bits per heavy atom. The number of thiophene rings is 1. The van der Waals surface area contributed by atoms with Crippen molar-refractivity contribution < 1.29 is 27.4 Å².